The summed E-state index contributed by atoms with van der Waals surface area (Å²) >= 11 is 0. The summed E-state index contributed by atoms with van der Waals surface area (Å²) in [5.41, 5.74) is -0.919. The van der Waals surface area contributed by atoms with Crippen LogP contribution in [0.3, 0.4) is 0 Å². The molecule has 0 amide bonds. The summed E-state index contributed by atoms with van der Waals surface area (Å²) in [5, 5.41) is 0. The first-order valence-electron chi connectivity index (χ1n) is 4.39. The maximum Gasteiger partial charge on any atom is 0.509 e. The van der Waals surface area contributed by atoms with Gasteiger partial charge < -0.3 is 9.47 Å². The zero-order valence-corrected chi connectivity index (χ0v) is 8.14. The standard InChI is InChI=1S/C9H16O3/c1-5-8(3)9(4,6-2)12-7(10)11-8/h5-6H2,1-4H3/t8-,9+. The zero-order chi connectivity index (χ0) is 9.41. The lowest BCUT2D eigenvalue weighted by Crippen LogP contribution is -2.46. The van der Waals surface area contributed by atoms with Gasteiger partial charge in [-0.15, -0.1) is 0 Å². The van der Waals surface area contributed by atoms with Crippen molar-refractivity contribution in [1.82, 2.24) is 0 Å². The Kier molecular flexibility index (Phi) is 2.06. The Balaban J connectivity index is 2.93. The minimum atomic E-state index is -0.538. The van der Waals surface area contributed by atoms with E-state index in [9.17, 15) is 4.79 Å². The molecule has 1 rings (SSSR count). The molecule has 0 aliphatic carbocycles. The van der Waals surface area contributed by atoms with E-state index in [-0.39, 0.29) is 0 Å². The molecule has 0 aromatic carbocycles. The normalized spacial score (nSPS) is 40.8. The molecule has 0 saturated carbocycles. The van der Waals surface area contributed by atoms with Crippen molar-refractivity contribution in [2.24, 2.45) is 0 Å². The van der Waals surface area contributed by atoms with Gasteiger partial charge in [0.2, 0.25) is 0 Å². The van der Waals surface area contributed by atoms with Gasteiger partial charge in [-0.1, -0.05) is 13.8 Å². The molecule has 0 aromatic heterocycles. The minimum absolute atomic E-state index is 0.459. The van der Waals surface area contributed by atoms with Gasteiger partial charge in [0.25, 0.3) is 0 Å². The molecular weight excluding hydrogens is 156 g/mol. The molecule has 70 valence electrons. The average Bonchev–Trinajstić information content (AvgIpc) is 2.25. The van der Waals surface area contributed by atoms with Crippen molar-refractivity contribution < 1.29 is 14.3 Å². The number of ether oxygens (including phenoxy) is 2. The van der Waals surface area contributed by atoms with Crippen molar-refractivity contribution in [2.45, 2.75) is 51.7 Å². The quantitative estimate of drug-likeness (QED) is 0.600. The van der Waals surface area contributed by atoms with Crippen molar-refractivity contribution in [3.05, 3.63) is 0 Å². The first-order chi connectivity index (χ1) is 5.47. The van der Waals surface area contributed by atoms with Crippen LogP contribution in [-0.2, 0) is 9.47 Å². The molecule has 3 heteroatoms. The van der Waals surface area contributed by atoms with Crippen molar-refractivity contribution in [3.63, 3.8) is 0 Å². The van der Waals surface area contributed by atoms with Crippen LogP contribution >= 0.6 is 0 Å². The lowest BCUT2D eigenvalue weighted by molar-refractivity contribution is -0.0281. The molecule has 1 saturated heterocycles. The van der Waals surface area contributed by atoms with Gasteiger partial charge in [-0.2, -0.15) is 0 Å². The van der Waals surface area contributed by atoms with Crippen LogP contribution in [0.1, 0.15) is 40.5 Å². The van der Waals surface area contributed by atoms with Crippen molar-refractivity contribution in [1.29, 1.82) is 0 Å². The van der Waals surface area contributed by atoms with Crippen LogP contribution in [0.4, 0.5) is 4.79 Å². The molecule has 1 aliphatic rings. The van der Waals surface area contributed by atoms with Gasteiger partial charge in [0.1, 0.15) is 0 Å². The number of carbonyl (C=O) groups is 1. The van der Waals surface area contributed by atoms with Crippen LogP contribution in [0.15, 0.2) is 0 Å². The van der Waals surface area contributed by atoms with E-state index in [1.807, 2.05) is 27.7 Å². The molecule has 0 radical (unpaired) electrons. The summed E-state index contributed by atoms with van der Waals surface area (Å²) in [6, 6.07) is 0. The second-order valence-electron chi connectivity index (χ2n) is 3.62. The Morgan fingerprint density at radius 1 is 1.08 bits per heavy atom. The van der Waals surface area contributed by atoms with Crippen LogP contribution in [0.2, 0.25) is 0 Å². The van der Waals surface area contributed by atoms with Crippen molar-refractivity contribution in [2.75, 3.05) is 0 Å². The highest BCUT2D eigenvalue weighted by atomic mass is 16.8. The van der Waals surface area contributed by atoms with E-state index in [1.54, 1.807) is 0 Å². The first kappa shape index (κ1) is 9.36. The molecule has 12 heavy (non-hydrogen) atoms. The van der Waals surface area contributed by atoms with E-state index in [1.165, 1.54) is 0 Å². The smallest absolute Gasteiger partial charge is 0.424 e. The summed E-state index contributed by atoms with van der Waals surface area (Å²) in [6.07, 6.45) is 1.02. The van der Waals surface area contributed by atoms with Gasteiger partial charge in [0, 0.05) is 0 Å². The van der Waals surface area contributed by atoms with Gasteiger partial charge in [0.05, 0.1) is 0 Å². The third kappa shape index (κ3) is 1.08. The average molecular weight is 172 g/mol. The summed E-state index contributed by atoms with van der Waals surface area (Å²) in [4.78, 5) is 10.9. The SMILES string of the molecule is CC[C@@]1(C)OC(=O)O[C@@]1(C)CC. The molecule has 1 aliphatic heterocycles. The molecular formula is C9H16O3. The van der Waals surface area contributed by atoms with Gasteiger partial charge >= 0.3 is 6.16 Å². The number of cyclic esters (lactones) is 2. The van der Waals surface area contributed by atoms with Crippen molar-refractivity contribution >= 4 is 6.16 Å². The highest BCUT2D eigenvalue weighted by molar-refractivity contribution is 5.64. The maximum absolute atomic E-state index is 10.9. The molecule has 0 N–H and O–H groups in total. The highest BCUT2D eigenvalue weighted by Gasteiger charge is 2.54. The summed E-state index contributed by atoms with van der Waals surface area (Å²) in [7, 11) is 0. The summed E-state index contributed by atoms with van der Waals surface area (Å²) < 4.78 is 10.3. The maximum atomic E-state index is 10.9. The molecule has 0 bridgehead atoms. The number of carbonyl (C=O) groups excluding carboxylic acids is 1. The third-order valence-corrected chi connectivity index (χ3v) is 3.09. The van der Waals surface area contributed by atoms with Gasteiger partial charge in [-0.05, 0) is 26.7 Å². The Bertz CT molecular complexity index is 182. The van der Waals surface area contributed by atoms with E-state index in [0.29, 0.717) is 0 Å². The topological polar surface area (TPSA) is 35.5 Å². The lowest BCUT2D eigenvalue weighted by atomic mass is 9.82. The third-order valence-electron chi connectivity index (χ3n) is 3.09. The van der Waals surface area contributed by atoms with Crippen LogP contribution < -0.4 is 0 Å². The van der Waals surface area contributed by atoms with E-state index >= 15 is 0 Å². The number of hydrogen-bond donors (Lipinski definition) is 0. The van der Waals surface area contributed by atoms with Crippen LogP contribution in [0, 0.1) is 0 Å². The molecule has 1 heterocycles. The monoisotopic (exact) mass is 172 g/mol. The van der Waals surface area contributed by atoms with E-state index in [2.05, 4.69) is 0 Å². The Morgan fingerprint density at radius 2 is 1.42 bits per heavy atom. The molecule has 3 nitrogen and oxygen atoms in total. The fraction of sp³-hybridized carbons (Fsp3) is 0.889. The molecule has 0 unspecified atom stereocenters. The van der Waals surface area contributed by atoms with Gasteiger partial charge in [-0.3, -0.25) is 0 Å². The summed E-state index contributed by atoms with van der Waals surface area (Å²) in [6.45, 7) is 7.83. The largest absolute Gasteiger partial charge is 0.509 e. The predicted octanol–water partition coefficient (Wildman–Crippen LogP) is 2.49. The lowest BCUT2D eigenvalue weighted by Gasteiger charge is -2.33. The second kappa shape index (κ2) is 2.64. The summed E-state index contributed by atoms with van der Waals surface area (Å²) in [5.74, 6) is 0. The van der Waals surface area contributed by atoms with Gasteiger partial charge in [-0.25, -0.2) is 4.79 Å². The predicted molar refractivity (Wildman–Crippen MR) is 45.0 cm³/mol. The fourth-order valence-electron chi connectivity index (χ4n) is 1.50. The van der Waals surface area contributed by atoms with E-state index in [4.69, 9.17) is 9.47 Å². The van der Waals surface area contributed by atoms with Crippen LogP contribution in [0.5, 0.6) is 0 Å². The van der Waals surface area contributed by atoms with Crippen LogP contribution in [-0.4, -0.2) is 17.4 Å². The minimum Gasteiger partial charge on any atom is -0.424 e. The Hall–Kier alpha value is -0.730. The second-order valence-corrected chi connectivity index (χ2v) is 3.62. The first-order valence-corrected chi connectivity index (χ1v) is 4.39. The van der Waals surface area contributed by atoms with E-state index in [0.717, 1.165) is 12.8 Å². The van der Waals surface area contributed by atoms with Crippen LogP contribution in [0.25, 0.3) is 0 Å². The Labute approximate surface area is 73.0 Å². The Morgan fingerprint density at radius 3 is 1.67 bits per heavy atom. The molecule has 2 atom stereocenters. The molecule has 1 fully saturated rings. The van der Waals surface area contributed by atoms with Gasteiger partial charge in [0.15, 0.2) is 11.2 Å². The van der Waals surface area contributed by atoms with Crippen molar-refractivity contribution in [3.8, 4) is 0 Å². The van der Waals surface area contributed by atoms with E-state index < -0.39 is 17.4 Å². The molecule has 0 spiro atoms. The fourth-order valence-corrected chi connectivity index (χ4v) is 1.50. The zero-order valence-electron chi connectivity index (χ0n) is 8.14. The number of hydrogen-bond acceptors (Lipinski definition) is 3. The molecule has 0 aromatic rings. The highest BCUT2D eigenvalue weighted by Crippen LogP contribution is 2.41. The number of rotatable bonds is 2.